The molecule has 0 aromatic carbocycles. The molecule has 0 saturated heterocycles. The molecular formula is C14H25N3O. The highest BCUT2D eigenvalue weighted by molar-refractivity contribution is 5.23. The quantitative estimate of drug-likeness (QED) is 0.859. The van der Waals surface area contributed by atoms with Crippen LogP contribution >= 0.6 is 0 Å². The smallest absolute Gasteiger partial charge is 0.0625 e. The van der Waals surface area contributed by atoms with E-state index in [1.165, 1.54) is 11.3 Å². The van der Waals surface area contributed by atoms with Crippen LogP contribution in [0.15, 0.2) is 0 Å². The maximum Gasteiger partial charge on any atom is 0.0625 e. The zero-order valence-electron chi connectivity index (χ0n) is 12.0. The number of nitrogens with zero attached hydrogens (tertiary/aromatic N) is 2. The first kappa shape index (κ1) is 13.6. The van der Waals surface area contributed by atoms with E-state index in [4.69, 9.17) is 0 Å². The number of nitrogens with one attached hydrogen (secondary N) is 1. The van der Waals surface area contributed by atoms with Gasteiger partial charge in [-0.05, 0) is 52.1 Å². The minimum Gasteiger partial charge on any atom is -0.394 e. The Morgan fingerprint density at radius 2 is 2.17 bits per heavy atom. The first-order valence-corrected chi connectivity index (χ1v) is 6.91. The van der Waals surface area contributed by atoms with Crippen molar-refractivity contribution in [2.45, 2.75) is 58.5 Å². The topological polar surface area (TPSA) is 50.1 Å². The second kappa shape index (κ2) is 5.02. The first-order valence-electron chi connectivity index (χ1n) is 6.91. The van der Waals surface area contributed by atoms with E-state index in [2.05, 4.69) is 42.8 Å². The second-order valence-corrected chi connectivity index (χ2v) is 5.61. The summed E-state index contributed by atoms with van der Waals surface area (Å²) in [6.45, 7) is 9.56. The molecule has 1 saturated carbocycles. The van der Waals surface area contributed by atoms with E-state index in [9.17, 15) is 5.11 Å². The number of aromatic nitrogens is 2. The summed E-state index contributed by atoms with van der Waals surface area (Å²) in [5, 5.41) is 17.8. The molecule has 2 unspecified atom stereocenters. The summed E-state index contributed by atoms with van der Waals surface area (Å²) in [7, 11) is 0. The largest absolute Gasteiger partial charge is 0.394 e. The van der Waals surface area contributed by atoms with Crippen molar-refractivity contribution >= 4 is 0 Å². The van der Waals surface area contributed by atoms with Crippen LogP contribution in [0.2, 0.25) is 0 Å². The SMILES string of the molecule is CCNC1(CO)CCC(n2nc(C)c(C)c2C)C1. The fourth-order valence-corrected chi connectivity index (χ4v) is 3.14. The third kappa shape index (κ3) is 2.19. The Morgan fingerprint density at radius 3 is 2.67 bits per heavy atom. The van der Waals surface area contributed by atoms with Crippen LogP contribution in [0.4, 0.5) is 0 Å². The van der Waals surface area contributed by atoms with E-state index < -0.39 is 0 Å². The predicted octanol–water partition coefficient (Wildman–Crippen LogP) is 1.87. The van der Waals surface area contributed by atoms with Gasteiger partial charge in [-0.1, -0.05) is 6.92 Å². The highest BCUT2D eigenvalue weighted by Crippen LogP contribution is 2.38. The van der Waals surface area contributed by atoms with Crippen molar-refractivity contribution in [2.24, 2.45) is 0 Å². The van der Waals surface area contributed by atoms with Crippen LogP contribution in [0.3, 0.4) is 0 Å². The van der Waals surface area contributed by atoms with Gasteiger partial charge in [0.1, 0.15) is 0 Å². The number of likely N-dealkylation sites (N-methyl/N-ethyl adjacent to an activating group) is 1. The molecule has 1 aromatic rings. The second-order valence-electron chi connectivity index (χ2n) is 5.61. The van der Waals surface area contributed by atoms with Crippen molar-refractivity contribution in [2.75, 3.05) is 13.2 Å². The van der Waals surface area contributed by atoms with Gasteiger partial charge < -0.3 is 10.4 Å². The highest BCUT2D eigenvalue weighted by atomic mass is 16.3. The van der Waals surface area contributed by atoms with Crippen LogP contribution in [0.1, 0.15) is 49.2 Å². The van der Waals surface area contributed by atoms with E-state index in [-0.39, 0.29) is 12.1 Å². The minimum absolute atomic E-state index is 0.0976. The Labute approximate surface area is 109 Å². The molecule has 1 aliphatic rings. The number of aliphatic hydroxyl groups excluding tert-OH is 1. The van der Waals surface area contributed by atoms with E-state index in [1.807, 2.05) is 0 Å². The van der Waals surface area contributed by atoms with Crippen molar-refractivity contribution in [3.05, 3.63) is 17.0 Å². The molecule has 0 spiro atoms. The fourth-order valence-electron chi connectivity index (χ4n) is 3.14. The van der Waals surface area contributed by atoms with E-state index in [1.54, 1.807) is 0 Å². The number of aryl methyl sites for hydroxylation is 1. The fraction of sp³-hybridized carbons (Fsp3) is 0.786. The standard InChI is InChI=1S/C14H25N3O/c1-5-15-14(9-18)7-6-13(8-14)17-12(4)10(2)11(3)16-17/h13,15,18H,5-9H2,1-4H3. The summed E-state index contributed by atoms with van der Waals surface area (Å²) in [5.74, 6) is 0. The van der Waals surface area contributed by atoms with Gasteiger partial charge in [0, 0.05) is 11.2 Å². The third-order valence-corrected chi connectivity index (χ3v) is 4.47. The summed E-state index contributed by atoms with van der Waals surface area (Å²) >= 11 is 0. The van der Waals surface area contributed by atoms with Crippen molar-refractivity contribution in [1.82, 2.24) is 15.1 Å². The molecule has 0 bridgehead atoms. The number of hydrogen-bond acceptors (Lipinski definition) is 3. The molecule has 1 heterocycles. The summed E-state index contributed by atoms with van der Waals surface area (Å²) in [6.07, 6.45) is 3.09. The van der Waals surface area contributed by atoms with Gasteiger partial charge in [-0.2, -0.15) is 5.10 Å². The Morgan fingerprint density at radius 1 is 1.44 bits per heavy atom. The average Bonchev–Trinajstić information content (AvgIpc) is 2.88. The lowest BCUT2D eigenvalue weighted by Gasteiger charge is -2.28. The monoisotopic (exact) mass is 251 g/mol. The molecular weight excluding hydrogens is 226 g/mol. The Kier molecular flexibility index (Phi) is 3.78. The molecule has 2 atom stereocenters. The van der Waals surface area contributed by atoms with Crippen molar-refractivity contribution in [3.8, 4) is 0 Å². The minimum atomic E-state index is -0.0976. The highest BCUT2D eigenvalue weighted by Gasteiger charge is 2.39. The van der Waals surface area contributed by atoms with Crippen LogP contribution in [0.5, 0.6) is 0 Å². The van der Waals surface area contributed by atoms with Crippen LogP contribution in [0, 0.1) is 20.8 Å². The number of hydrogen-bond donors (Lipinski definition) is 2. The average molecular weight is 251 g/mol. The molecule has 1 aliphatic carbocycles. The molecule has 2 rings (SSSR count). The number of rotatable bonds is 4. The molecule has 0 amide bonds. The van der Waals surface area contributed by atoms with Gasteiger partial charge in [-0.15, -0.1) is 0 Å². The Hall–Kier alpha value is -0.870. The van der Waals surface area contributed by atoms with Crippen LogP contribution in [0.25, 0.3) is 0 Å². The molecule has 2 N–H and O–H groups in total. The van der Waals surface area contributed by atoms with Crippen LogP contribution in [-0.2, 0) is 0 Å². The molecule has 18 heavy (non-hydrogen) atoms. The van der Waals surface area contributed by atoms with Gasteiger partial charge in [-0.25, -0.2) is 0 Å². The zero-order chi connectivity index (χ0) is 13.3. The Bertz CT molecular complexity index is 427. The van der Waals surface area contributed by atoms with E-state index >= 15 is 0 Å². The molecule has 102 valence electrons. The summed E-state index contributed by atoms with van der Waals surface area (Å²) in [5.41, 5.74) is 3.58. The zero-order valence-corrected chi connectivity index (χ0v) is 12.0. The predicted molar refractivity (Wildman–Crippen MR) is 72.8 cm³/mol. The normalized spacial score (nSPS) is 27.9. The van der Waals surface area contributed by atoms with Crippen LogP contribution < -0.4 is 5.32 Å². The van der Waals surface area contributed by atoms with Crippen molar-refractivity contribution < 1.29 is 5.11 Å². The third-order valence-electron chi connectivity index (χ3n) is 4.47. The van der Waals surface area contributed by atoms with Gasteiger partial charge in [0.25, 0.3) is 0 Å². The lowest BCUT2D eigenvalue weighted by molar-refractivity contribution is 0.162. The van der Waals surface area contributed by atoms with Crippen molar-refractivity contribution in [1.29, 1.82) is 0 Å². The maximum atomic E-state index is 9.65. The molecule has 0 aliphatic heterocycles. The molecule has 4 heteroatoms. The first-order chi connectivity index (χ1) is 8.53. The summed E-state index contributed by atoms with van der Waals surface area (Å²) in [4.78, 5) is 0. The van der Waals surface area contributed by atoms with Gasteiger partial charge in [0.05, 0.1) is 18.3 Å². The van der Waals surface area contributed by atoms with Crippen molar-refractivity contribution in [3.63, 3.8) is 0 Å². The maximum absolute atomic E-state index is 9.65. The lowest BCUT2D eigenvalue weighted by atomic mass is 9.98. The number of aliphatic hydroxyl groups is 1. The van der Waals surface area contributed by atoms with Crippen LogP contribution in [-0.4, -0.2) is 33.6 Å². The van der Waals surface area contributed by atoms with Gasteiger partial charge in [0.2, 0.25) is 0 Å². The van der Waals surface area contributed by atoms with Gasteiger partial charge in [0.15, 0.2) is 0 Å². The molecule has 1 fully saturated rings. The molecule has 4 nitrogen and oxygen atoms in total. The van der Waals surface area contributed by atoms with E-state index in [0.29, 0.717) is 6.04 Å². The molecule has 0 radical (unpaired) electrons. The van der Waals surface area contributed by atoms with E-state index in [0.717, 1.165) is 31.5 Å². The van der Waals surface area contributed by atoms with Gasteiger partial charge >= 0.3 is 0 Å². The molecule has 1 aromatic heterocycles. The summed E-state index contributed by atoms with van der Waals surface area (Å²) in [6, 6.07) is 0.420. The van der Waals surface area contributed by atoms with Gasteiger partial charge in [-0.3, -0.25) is 4.68 Å². The lowest BCUT2D eigenvalue weighted by Crippen LogP contribution is -2.46. The Balaban J connectivity index is 2.19. The summed E-state index contributed by atoms with van der Waals surface area (Å²) < 4.78 is 2.17.